The molecule has 2 N–H and O–H groups in total. The highest BCUT2D eigenvalue weighted by atomic mass is 14.7. The molecule has 1 heterocycles. The van der Waals surface area contributed by atoms with Gasteiger partial charge in [0.1, 0.15) is 0 Å². The van der Waals surface area contributed by atoms with Crippen LogP contribution in [0.3, 0.4) is 0 Å². The van der Waals surface area contributed by atoms with Crippen LogP contribution in [0.15, 0.2) is 18.2 Å². The van der Waals surface area contributed by atoms with Gasteiger partial charge in [-0.25, -0.2) is 0 Å². The number of pyridine rings is 1. The lowest BCUT2D eigenvalue weighted by atomic mass is 10.3. The quantitative estimate of drug-likeness (QED) is 0.614. The summed E-state index contributed by atoms with van der Waals surface area (Å²) in [6, 6.07) is 5.32. The van der Waals surface area contributed by atoms with E-state index in [1.54, 1.807) is 18.2 Å². The van der Waals surface area contributed by atoms with Crippen molar-refractivity contribution in [1.29, 1.82) is 5.41 Å². The summed E-state index contributed by atoms with van der Waals surface area (Å²) in [4.78, 5) is 3.98. The predicted octanol–water partition coefficient (Wildman–Crippen LogP) is 1.63. The first-order valence-corrected chi connectivity index (χ1v) is 2.98. The predicted molar refractivity (Wildman–Crippen MR) is 40.1 cm³/mol. The molecule has 3 heteroatoms. The van der Waals surface area contributed by atoms with Gasteiger partial charge in [0.25, 0.3) is 0 Å². The first-order chi connectivity index (χ1) is 4.86. The Morgan fingerprint density at radius 2 is 2.40 bits per heavy atom. The van der Waals surface area contributed by atoms with E-state index in [2.05, 4.69) is 4.98 Å². The Morgan fingerprint density at radius 3 is 3.00 bits per heavy atom. The first-order valence-electron chi connectivity index (χ1n) is 2.98. The van der Waals surface area contributed by atoms with Crippen LogP contribution in [0.5, 0.6) is 0 Å². The summed E-state index contributed by atoms with van der Waals surface area (Å²) in [6.45, 7) is 0.182. The van der Waals surface area contributed by atoms with E-state index in [0.717, 1.165) is 0 Å². The maximum Gasteiger partial charge on any atom is 0.0807 e. The van der Waals surface area contributed by atoms with Crippen molar-refractivity contribution in [3.05, 3.63) is 35.3 Å². The molecule has 0 aliphatic rings. The molecule has 10 heavy (non-hydrogen) atoms. The van der Waals surface area contributed by atoms with Gasteiger partial charge in [-0.2, -0.15) is 0 Å². The third-order valence-corrected chi connectivity index (χ3v) is 1.16. The molecule has 52 valence electrons. The monoisotopic (exact) mass is 134 g/mol. The topological polar surface area (TPSA) is 60.5 Å². The van der Waals surface area contributed by atoms with Crippen molar-refractivity contribution in [3.63, 3.8) is 0 Å². The van der Waals surface area contributed by atoms with Crippen LogP contribution in [-0.4, -0.2) is 11.2 Å². The summed E-state index contributed by atoms with van der Waals surface area (Å²) in [5.41, 5.74) is 8.30. The average Bonchev–Trinajstić information content (AvgIpc) is 2.05. The molecule has 1 aromatic rings. The number of nitrogens with one attached hydrogen (secondary N) is 2. The van der Waals surface area contributed by atoms with Gasteiger partial charge in [-0.3, -0.25) is 4.98 Å². The van der Waals surface area contributed by atoms with Crippen LogP contribution >= 0.6 is 0 Å². The average molecular weight is 134 g/mol. The van der Waals surface area contributed by atoms with E-state index in [1.165, 1.54) is 6.21 Å². The lowest BCUT2D eigenvalue weighted by molar-refractivity contribution is 1.10. The highest BCUT2D eigenvalue weighted by Gasteiger charge is 1.87. The number of hydrogen-bond acceptors (Lipinski definition) is 2. The second kappa shape index (κ2) is 3.08. The molecule has 0 aromatic carbocycles. The van der Waals surface area contributed by atoms with Gasteiger partial charge in [0.2, 0.25) is 0 Å². The van der Waals surface area contributed by atoms with Crippen LogP contribution in [0.2, 0.25) is 0 Å². The van der Waals surface area contributed by atoms with Crippen molar-refractivity contribution < 1.29 is 0 Å². The van der Waals surface area contributed by atoms with E-state index in [9.17, 15) is 0 Å². The third kappa shape index (κ3) is 1.39. The van der Waals surface area contributed by atoms with Crippen LogP contribution in [0.4, 0.5) is 0 Å². The maximum absolute atomic E-state index is 6.98. The lowest BCUT2D eigenvalue weighted by Crippen LogP contribution is -1.90. The lowest BCUT2D eigenvalue weighted by Gasteiger charge is -2.00. The largest absolute Gasteiger partial charge is 0.672 e. The fraction of sp³-hybridized carbons (Fsp3) is 0.143. The second-order valence-electron chi connectivity index (χ2n) is 1.87. The Kier molecular flexibility index (Phi) is 2.12. The summed E-state index contributed by atoms with van der Waals surface area (Å²) in [5, 5.41) is 6.87. The number of nitrogens with zero attached hydrogens (tertiary/aromatic N) is 1. The van der Waals surface area contributed by atoms with Gasteiger partial charge in [-0.05, 0) is 12.1 Å². The zero-order valence-corrected chi connectivity index (χ0v) is 5.46. The minimum Gasteiger partial charge on any atom is -0.672 e. The number of aromatic nitrogens is 1. The molecule has 0 aliphatic heterocycles. The van der Waals surface area contributed by atoms with E-state index >= 15 is 0 Å². The molecule has 3 nitrogen and oxygen atoms in total. The van der Waals surface area contributed by atoms with Crippen molar-refractivity contribution in [2.24, 2.45) is 0 Å². The molecule has 0 bridgehead atoms. The van der Waals surface area contributed by atoms with Crippen molar-refractivity contribution in [2.45, 2.75) is 6.54 Å². The SMILES string of the molecule is N=Cc1cccc(C[NH-])n1. The van der Waals surface area contributed by atoms with Crippen molar-refractivity contribution in [2.75, 3.05) is 0 Å². The zero-order valence-electron chi connectivity index (χ0n) is 5.46. The summed E-state index contributed by atoms with van der Waals surface area (Å²) >= 11 is 0. The van der Waals surface area contributed by atoms with Crippen LogP contribution < -0.4 is 0 Å². The molecule has 1 rings (SSSR count). The standard InChI is InChI=1S/C7H8N3/c8-4-6-2-1-3-7(5-9)10-6/h1-4,8-9H,5H2/q-1. The molecule has 0 aliphatic carbocycles. The van der Waals surface area contributed by atoms with Gasteiger partial charge in [-0.15, -0.1) is 6.54 Å². The molecule has 0 fully saturated rings. The Morgan fingerprint density at radius 1 is 1.60 bits per heavy atom. The fourth-order valence-corrected chi connectivity index (χ4v) is 0.677. The third-order valence-electron chi connectivity index (χ3n) is 1.16. The van der Waals surface area contributed by atoms with E-state index in [4.69, 9.17) is 11.1 Å². The van der Waals surface area contributed by atoms with Gasteiger partial charge in [0, 0.05) is 11.9 Å². The van der Waals surface area contributed by atoms with Gasteiger partial charge in [-0.1, -0.05) is 6.07 Å². The molecular formula is C7H8N3-. The Balaban J connectivity index is 2.98. The van der Waals surface area contributed by atoms with E-state index in [0.29, 0.717) is 11.4 Å². The molecule has 0 atom stereocenters. The van der Waals surface area contributed by atoms with Crippen LogP contribution in [-0.2, 0) is 6.54 Å². The van der Waals surface area contributed by atoms with E-state index in [1.807, 2.05) is 0 Å². The van der Waals surface area contributed by atoms with Crippen LogP contribution in [0.25, 0.3) is 5.73 Å². The zero-order chi connectivity index (χ0) is 7.40. The minimum atomic E-state index is 0.182. The van der Waals surface area contributed by atoms with Gasteiger partial charge < -0.3 is 11.1 Å². The Labute approximate surface area is 59.4 Å². The number of hydrogen-bond donors (Lipinski definition) is 1. The summed E-state index contributed by atoms with van der Waals surface area (Å²) < 4.78 is 0. The molecule has 0 spiro atoms. The molecule has 0 saturated carbocycles. The fourth-order valence-electron chi connectivity index (χ4n) is 0.677. The Hall–Kier alpha value is -1.22. The summed E-state index contributed by atoms with van der Waals surface area (Å²) in [6.07, 6.45) is 1.18. The highest BCUT2D eigenvalue weighted by molar-refractivity contribution is 5.73. The highest BCUT2D eigenvalue weighted by Crippen LogP contribution is 1.97. The van der Waals surface area contributed by atoms with Crippen LogP contribution in [0.1, 0.15) is 11.4 Å². The van der Waals surface area contributed by atoms with Crippen molar-refractivity contribution >= 4 is 6.21 Å². The van der Waals surface area contributed by atoms with Gasteiger partial charge in [0.15, 0.2) is 0 Å². The molecule has 0 radical (unpaired) electrons. The molecule has 0 unspecified atom stereocenters. The van der Waals surface area contributed by atoms with Crippen molar-refractivity contribution in [3.8, 4) is 0 Å². The van der Waals surface area contributed by atoms with E-state index < -0.39 is 0 Å². The number of rotatable bonds is 2. The van der Waals surface area contributed by atoms with Gasteiger partial charge >= 0.3 is 0 Å². The van der Waals surface area contributed by atoms with E-state index in [-0.39, 0.29) is 6.54 Å². The molecular weight excluding hydrogens is 126 g/mol. The van der Waals surface area contributed by atoms with Gasteiger partial charge in [0.05, 0.1) is 5.69 Å². The van der Waals surface area contributed by atoms with Crippen LogP contribution in [0, 0.1) is 5.41 Å². The second-order valence-corrected chi connectivity index (χ2v) is 1.87. The summed E-state index contributed by atoms with van der Waals surface area (Å²) in [7, 11) is 0. The van der Waals surface area contributed by atoms with Crippen molar-refractivity contribution in [1.82, 2.24) is 4.98 Å². The summed E-state index contributed by atoms with van der Waals surface area (Å²) in [5.74, 6) is 0. The minimum absolute atomic E-state index is 0.182. The maximum atomic E-state index is 6.98. The first kappa shape index (κ1) is 6.89. The molecule has 0 amide bonds. The Bertz CT molecular complexity index is 232. The molecule has 1 aromatic heterocycles. The smallest absolute Gasteiger partial charge is 0.0807 e. The normalized spacial score (nSPS) is 9.30. The molecule has 0 saturated heterocycles.